The van der Waals surface area contributed by atoms with Crippen molar-refractivity contribution in [1.29, 1.82) is 0 Å². The highest BCUT2D eigenvalue weighted by Gasteiger charge is 2.39. The van der Waals surface area contributed by atoms with E-state index >= 15 is 0 Å². The van der Waals surface area contributed by atoms with Gasteiger partial charge < -0.3 is 20.6 Å². The highest BCUT2D eigenvalue weighted by Crippen LogP contribution is 2.29. The maximum atomic E-state index is 11.9. The van der Waals surface area contributed by atoms with Crippen molar-refractivity contribution in [3.05, 3.63) is 0 Å². The average Bonchev–Trinajstić information content (AvgIpc) is 2.34. The van der Waals surface area contributed by atoms with Crippen molar-refractivity contribution < 1.29 is 14.7 Å². The highest BCUT2D eigenvalue weighted by molar-refractivity contribution is 5.78. The molecular formula is C12H23N3O3. The van der Waals surface area contributed by atoms with Gasteiger partial charge in [0.25, 0.3) is 0 Å². The van der Waals surface area contributed by atoms with Gasteiger partial charge in [0, 0.05) is 19.6 Å². The molecule has 18 heavy (non-hydrogen) atoms. The fourth-order valence-electron chi connectivity index (χ4n) is 2.16. The monoisotopic (exact) mass is 257 g/mol. The van der Waals surface area contributed by atoms with Crippen LogP contribution in [0.1, 0.15) is 26.2 Å². The van der Waals surface area contributed by atoms with Gasteiger partial charge in [-0.25, -0.2) is 4.79 Å². The highest BCUT2D eigenvalue weighted by atomic mass is 16.4. The smallest absolute Gasteiger partial charge is 0.317 e. The number of carboxylic acid groups (broad SMARTS) is 1. The topological polar surface area (TPSA) is 81.7 Å². The number of nitrogens with zero attached hydrogens (tertiary/aromatic N) is 1. The molecule has 0 aromatic carbocycles. The van der Waals surface area contributed by atoms with Crippen molar-refractivity contribution in [2.75, 3.05) is 33.2 Å². The maximum Gasteiger partial charge on any atom is 0.317 e. The number of urea groups is 1. The van der Waals surface area contributed by atoms with E-state index in [4.69, 9.17) is 0 Å². The van der Waals surface area contributed by atoms with Crippen LogP contribution in [0.15, 0.2) is 0 Å². The van der Waals surface area contributed by atoms with Gasteiger partial charge >= 0.3 is 12.0 Å². The molecular weight excluding hydrogens is 234 g/mol. The number of hydrogen-bond acceptors (Lipinski definition) is 3. The van der Waals surface area contributed by atoms with Crippen molar-refractivity contribution >= 4 is 12.0 Å². The number of aliphatic carboxylic acids is 1. The van der Waals surface area contributed by atoms with E-state index < -0.39 is 11.4 Å². The molecule has 0 aromatic rings. The SMILES string of the molecule is CNCCCNC(=O)N1CCCC(C)(C(=O)O)C1. The van der Waals surface area contributed by atoms with Gasteiger partial charge in [0.15, 0.2) is 0 Å². The Balaban J connectivity index is 2.41. The van der Waals surface area contributed by atoms with Gasteiger partial charge in [0.1, 0.15) is 0 Å². The minimum Gasteiger partial charge on any atom is -0.481 e. The second-order valence-electron chi connectivity index (χ2n) is 5.08. The van der Waals surface area contributed by atoms with Crippen LogP contribution < -0.4 is 10.6 Å². The molecule has 3 N–H and O–H groups in total. The molecule has 0 saturated carbocycles. The van der Waals surface area contributed by atoms with E-state index in [1.165, 1.54) is 0 Å². The predicted octanol–water partition coefficient (Wildman–Crippen LogP) is 0.492. The third-order valence-corrected chi connectivity index (χ3v) is 3.38. The largest absolute Gasteiger partial charge is 0.481 e. The molecule has 0 spiro atoms. The standard InChI is InChI=1S/C12H23N3O3/c1-12(10(16)17)5-3-8-15(9-12)11(18)14-7-4-6-13-2/h13H,3-9H2,1-2H3,(H,14,18)(H,16,17). The van der Waals surface area contributed by atoms with Gasteiger partial charge in [-0.2, -0.15) is 0 Å². The molecule has 2 amide bonds. The van der Waals surface area contributed by atoms with Gasteiger partial charge in [-0.15, -0.1) is 0 Å². The normalized spacial score (nSPS) is 23.8. The van der Waals surface area contributed by atoms with E-state index in [2.05, 4.69) is 10.6 Å². The lowest BCUT2D eigenvalue weighted by atomic mass is 9.82. The van der Waals surface area contributed by atoms with E-state index in [-0.39, 0.29) is 6.03 Å². The number of hydrogen-bond donors (Lipinski definition) is 3. The number of piperidine rings is 1. The zero-order valence-corrected chi connectivity index (χ0v) is 11.2. The molecule has 1 unspecified atom stereocenters. The Labute approximate surface area is 108 Å². The summed E-state index contributed by atoms with van der Waals surface area (Å²) in [6.07, 6.45) is 2.24. The van der Waals surface area contributed by atoms with Crippen molar-refractivity contribution in [2.24, 2.45) is 5.41 Å². The molecule has 104 valence electrons. The van der Waals surface area contributed by atoms with Gasteiger partial charge in [0.05, 0.1) is 5.41 Å². The minimum absolute atomic E-state index is 0.154. The van der Waals surface area contributed by atoms with E-state index in [0.717, 1.165) is 19.4 Å². The van der Waals surface area contributed by atoms with Gasteiger partial charge in [-0.05, 0) is 39.8 Å². The number of carbonyl (C=O) groups is 2. The minimum atomic E-state index is -0.824. The Morgan fingerprint density at radius 3 is 2.72 bits per heavy atom. The number of amides is 2. The maximum absolute atomic E-state index is 11.9. The quantitative estimate of drug-likeness (QED) is 0.626. The number of likely N-dealkylation sites (tertiary alicyclic amines) is 1. The van der Waals surface area contributed by atoms with Crippen molar-refractivity contribution in [2.45, 2.75) is 26.2 Å². The Kier molecular flexibility index (Phi) is 5.40. The summed E-state index contributed by atoms with van der Waals surface area (Å²) >= 11 is 0. The summed E-state index contributed by atoms with van der Waals surface area (Å²) in [7, 11) is 1.87. The summed E-state index contributed by atoms with van der Waals surface area (Å²) in [4.78, 5) is 24.7. The summed E-state index contributed by atoms with van der Waals surface area (Å²) in [5.41, 5.74) is -0.805. The third kappa shape index (κ3) is 3.87. The molecule has 0 aliphatic carbocycles. The lowest BCUT2D eigenvalue weighted by Gasteiger charge is -2.37. The zero-order chi connectivity index (χ0) is 13.6. The van der Waals surface area contributed by atoms with E-state index in [1.807, 2.05) is 7.05 Å². The lowest BCUT2D eigenvalue weighted by Crippen LogP contribution is -2.51. The van der Waals surface area contributed by atoms with Crippen LogP contribution in [-0.2, 0) is 4.79 Å². The Hall–Kier alpha value is -1.30. The molecule has 1 fully saturated rings. The van der Waals surface area contributed by atoms with E-state index in [9.17, 15) is 14.7 Å². The molecule has 6 heteroatoms. The molecule has 1 rings (SSSR count). The summed E-state index contributed by atoms with van der Waals surface area (Å²) < 4.78 is 0. The number of carboxylic acids is 1. The average molecular weight is 257 g/mol. The molecule has 1 saturated heterocycles. The number of nitrogens with one attached hydrogen (secondary N) is 2. The Morgan fingerprint density at radius 2 is 2.11 bits per heavy atom. The molecule has 1 aliphatic heterocycles. The van der Waals surface area contributed by atoms with E-state index in [0.29, 0.717) is 26.1 Å². The number of rotatable bonds is 5. The predicted molar refractivity (Wildman–Crippen MR) is 68.5 cm³/mol. The molecule has 0 radical (unpaired) electrons. The van der Waals surface area contributed by atoms with Crippen molar-refractivity contribution in [3.63, 3.8) is 0 Å². The van der Waals surface area contributed by atoms with Crippen molar-refractivity contribution in [1.82, 2.24) is 15.5 Å². The second-order valence-corrected chi connectivity index (χ2v) is 5.08. The van der Waals surface area contributed by atoms with E-state index in [1.54, 1.807) is 11.8 Å². The van der Waals surface area contributed by atoms with Crippen LogP contribution in [0.3, 0.4) is 0 Å². The number of carbonyl (C=O) groups excluding carboxylic acids is 1. The first kappa shape index (κ1) is 14.8. The summed E-state index contributed by atoms with van der Waals surface area (Å²) in [5.74, 6) is -0.824. The first-order valence-corrected chi connectivity index (χ1v) is 6.40. The Morgan fingerprint density at radius 1 is 1.39 bits per heavy atom. The molecule has 6 nitrogen and oxygen atoms in total. The van der Waals surface area contributed by atoms with Crippen LogP contribution in [0.5, 0.6) is 0 Å². The van der Waals surface area contributed by atoms with Crippen LogP contribution in [0.4, 0.5) is 4.79 Å². The van der Waals surface area contributed by atoms with Crippen LogP contribution in [-0.4, -0.2) is 55.2 Å². The van der Waals surface area contributed by atoms with Crippen LogP contribution >= 0.6 is 0 Å². The summed E-state index contributed by atoms with van der Waals surface area (Å²) in [6.45, 7) is 4.10. The third-order valence-electron chi connectivity index (χ3n) is 3.38. The zero-order valence-electron chi connectivity index (χ0n) is 11.2. The fourth-order valence-corrected chi connectivity index (χ4v) is 2.16. The lowest BCUT2D eigenvalue weighted by molar-refractivity contribution is -0.150. The Bertz CT molecular complexity index is 309. The van der Waals surface area contributed by atoms with Crippen LogP contribution in [0.2, 0.25) is 0 Å². The first-order valence-electron chi connectivity index (χ1n) is 6.40. The molecule has 0 bridgehead atoms. The van der Waals surface area contributed by atoms with Gasteiger partial charge in [-0.3, -0.25) is 4.79 Å². The molecule has 1 atom stereocenters. The van der Waals surface area contributed by atoms with Gasteiger partial charge in [-0.1, -0.05) is 0 Å². The second kappa shape index (κ2) is 6.58. The van der Waals surface area contributed by atoms with Gasteiger partial charge in [0.2, 0.25) is 0 Å². The first-order chi connectivity index (χ1) is 8.49. The summed E-state index contributed by atoms with van der Waals surface area (Å²) in [6, 6.07) is -0.154. The molecule has 1 heterocycles. The fraction of sp³-hybridized carbons (Fsp3) is 0.833. The van der Waals surface area contributed by atoms with Crippen molar-refractivity contribution in [3.8, 4) is 0 Å². The molecule has 0 aromatic heterocycles. The summed E-state index contributed by atoms with van der Waals surface area (Å²) in [5, 5.41) is 15.0. The van der Waals surface area contributed by atoms with Crippen LogP contribution in [0, 0.1) is 5.41 Å². The molecule has 1 aliphatic rings. The van der Waals surface area contributed by atoms with Crippen LogP contribution in [0.25, 0.3) is 0 Å².